The molecule has 0 saturated carbocycles. The van der Waals surface area contributed by atoms with Gasteiger partial charge < -0.3 is 0 Å². The highest BCUT2D eigenvalue weighted by molar-refractivity contribution is 7.74. The standard InChI is InChI=1S/C2H2N2O3S/c3-1-2-4-7-8(5)6/h2H,(H,5,6). The molecule has 1 unspecified atom stereocenters. The van der Waals surface area contributed by atoms with Gasteiger partial charge in [0.2, 0.25) is 0 Å². The zero-order valence-electron chi connectivity index (χ0n) is 3.64. The van der Waals surface area contributed by atoms with Crippen LogP contribution in [0.4, 0.5) is 0 Å². The topological polar surface area (TPSA) is 82.7 Å². The molecular weight excluding hydrogens is 132 g/mol. The maximum Gasteiger partial charge on any atom is 0.378 e. The Bertz CT molecular complexity index is 148. The molecule has 44 valence electrons. The third-order valence-electron chi connectivity index (χ3n) is 0.217. The Morgan fingerprint density at radius 1 is 2.00 bits per heavy atom. The Morgan fingerprint density at radius 3 is 3.00 bits per heavy atom. The second-order valence-corrected chi connectivity index (χ2v) is 1.24. The van der Waals surface area contributed by atoms with E-state index < -0.39 is 11.4 Å². The van der Waals surface area contributed by atoms with Crippen LogP contribution in [0.5, 0.6) is 0 Å². The number of oxime groups is 1. The van der Waals surface area contributed by atoms with Crippen molar-refractivity contribution in [1.82, 2.24) is 0 Å². The smallest absolute Gasteiger partial charge is 0.273 e. The molecule has 6 heteroatoms. The summed E-state index contributed by atoms with van der Waals surface area (Å²) in [4.78, 5) is 0. The molecule has 0 bridgehead atoms. The van der Waals surface area contributed by atoms with Crippen LogP contribution in [0, 0.1) is 11.3 Å². The van der Waals surface area contributed by atoms with Crippen LogP contribution in [-0.2, 0) is 15.6 Å². The molecule has 8 heavy (non-hydrogen) atoms. The minimum Gasteiger partial charge on any atom is -0.273 e. The Morgan fingerprint density at radius 2 is 2.62 bits per heavy atom. The van der Waals surface area contributed by atoms with E-state index >= 15 is 0 Å². The Kier molecular flexibility index (Phi) is 3.74. The van der Waals surface area contributed by atoms with Crippen LogP contribution in [0.1, 0.15) is 0 Å². The molecule has 0 aromatic carbocycles. The van der Waals surface area contributed by atoms with Crippen LogP contribution in [0.25, 0.3) is 0 Å². The number of hydrogen-bond acceptors (Lipinski definition) is 4. The molecule has 0 aliphatic heterocycles. The third kappa shape index (κ3) is 5.07. The first-order valence-electron chi connectivity index (χ1n) is 1.47. The Labute approximate surface area is 48.0 Å². The SMILES string of the molecule is N#CC=NOS(=O)O. The molecule has 1 N–H and O–H groups in total. The lowest BCUT2D eigenvalue weighted by Crippen LogP contribution is -1.85. The summed E-state index contributed by atoms with van der Waals surface area (Å²) in [5.41, 5.74) is 0. The first-order valence-corrected chi connectivity index (χ1v) is 2.50. The first-order chi connectivity index (χ1) is 3.77. The summed E-state index contributed by atoms with van der Waals surface area (Å²) < 4.78 is 21.0. The molecule has 0 aromatic rings. The molecule has 0 radical (unpaired) electrons. The van der Waals surface area contributed by atoms with Crippen LogP contribution >= 0.6 is 0 Å². The fraction of sp³-hybridized carbons (Fsp3) is 0. The first kappa shape index (κ1) is 7.07. The van der Waals surface area contributed by atoms with E-state index in [0.717, 1.165) is 0 Å². The summed E-state index contributed by atoms with van der Waals surface area (Å²) in [6, 6.07) is 1.46. The largest absolute Gasteiger partial charge is 0.378 e. The van der Waals surface area contributed by atoms with E-state index in [2.05, 4.69) is 9.44 Å². The molecule has 5 nitrogen and oxygen atoms in total. The molecular formula is C2H2N2O3S. The maximum absolute atomic E-state index is 9.54. The van der Waals surface area contributed by atoms with E-state index in [4.69, 9.17) is 9.81 Å². The average Bonchev–Trinajstić information content (AvgIpc) is 1.66. The lowest BCUT2D eigenvalue weighted by molar-refractivity contribution is 0.328. The molecule has 0 fully saturated rings. The van der Waals surface area contributed by atoms with Gasteiger partial charge in [0.25, 0.3) is 0 Å². The van der Waals surface area contributed by atoms with Gasteiger partial charge in [0.15, 0.2) is 0 Å². The monoisotopic (exact) mass is 134 g/mol. The molecule has 0 aliphatic carbocycles. The van der Waals surface area contributed by atoms with Crippen molar-refractivity contribution in [3.63, 3.8) is 0 Å². The van der Waals surface area contributed by atoms with Crippen LogP contribution < -0.4 is 0 Å². The summed E-state index contributed by atoms with van der Waals surface area (Å²) in [5.74, 6) is 0. The van der Waals surface area contributed by atoms with Crippen LogP contribution in [0.2, 0.25) is 0 Å². The van der Waals surface area contributed by atoms with Gasteiger partial charge in [0, 0.05) is 0 Å². The van der Waals surface area contributed by atoms with Gasteiger partial charge in [-0.2, -0.15) is 9.47 Å². The molecule has 0 amide bonds. The fourth-order valence-electron chi connectivity index (χ4n) is 0.0819. The number of hydrogen-bond donors (Lipinski definition) is 1. The van der Waals surface area contributed by atoms with E-state index in [0.29, 0.717) is 6.21 Å². The third-order valence-corrected chi connectivity index (χ3v) is 0.431. The van der Waals surface area contributed by atoms with Crippen molar-refractivity contribution in [2.24, 2.45) is 5.16 Å². The lowest BCUT2D eigenvalue weighted by Gasteiger charge is -1.81. The fourth-order valence-corrected chi connectivity index (χ4v) is 0.199. The summed E-state index contributed by atoms with van der Waals surface area (Å²) in [6.07, 6.45) is 0.703. The zero-order chi connectivity index (χ0) is 6.41. The quantitative estimate of drug-likeness (QED) is 0.318. The van der Waals surface area contributed by atoms with Gasteiger partial charge in [-0.15, -0.1) is 0 Å². The highest BCUT2D eigenvalue weighted by Crippen LogP contribution is 1.75. The van der Waals surface area contributed by atoms with Crippen molar-refractivity contribution in [3.05, 3.63) is 0 Å². The summed E-state index contributed by atoms with van der Waals surface area (Å²) in [7, 11) is 0. The van der Waals surface area contributed by atoms with Crippen molar-refractivity contribution in [1.29, 1.82) is 5.26 Å². The van der Waals surface area contributed by atoms with E-state index in [1.165, 1.54) is 6.07 Å². The molecule has 0 heterocycles. The van der Waals surface area contributed by atoms with Crippen molar-refractivity contribution < 1.29 is 13.0 Å². The van der Waals surface area contributed by atoms with Crippen LogP contribution in [-0.4, -0.2) is 15.0 Å². The highest BCUT2D eigenvalue weighted by Gasteiger charge is 1.83. The Balaban J connectivity index is 3.34. The van der Waals surface area contributed by atoms with Gasteiger partial charge in [0.1, 0.15) is 12.3 Å². The summed E-state index contributed by atoms with van der Waals surface area (Å²) >= 11 is -2.42. The van der Waals surface area contributed by atoms with Gasteiger partial charge >= 0.3 is 11.4 Å². The van der Waals surface area contributed by atoms with E-state index in [9.17, 15) is 4.21 Å². The van der Waals surface area contributed by atoms with Gasteiger partial charge in [-0.3, -0.25) is 8.84 Å². The second-order valence-electron chi connectivity index (χ2n) is 0.655. The molecule has 0 aromatic heterocycles. The molecule has 0 aliphatic rings. The number of nitrogens with zero attached hydrogens (tertiary/aromatic N) is 2. The predicted molar refractivity (Wildman–Crippen MR) is 26.0 cm³/mol. The highest BCUT2D eigenvalue weighted by atomic mass is 32.2. The van der Waals surface area contributed by atoms with Crippen molar-refractivity contribution in [2.45, 2.75) is 0 Å². The Hall–Kier alpha value is -0.930. The van der Waals surface area contributed by atoms with Gasteiger partial charge in [0.05, 0.1) is 0 Å². The maximum atomic E-state index is 9.54. The lowest BCUT2D eigenvalue weighted by atomic mass is 10.9. The average molecular weight is 134 g/mol. The number of nitriles is 1. The molecule has 1 atom stereocenters. The van der Waals surface area contributed by atoms with E-state index in [1.54, 1.807) is 0 Å². The summed E-state index contributed by atoms with van der Waals surface area (Å²) in [6.45, 7) is 0. The van der Waals surface area contributed by atoms with Crippen LogP contribution in [0.15, 0.2) is 5.16 Å². The van der Waals surface area contributed by atoms with E-state index in [1.807, 2.05) is 0 Å². The minimum absolute atomic E-state index is 0.703. The van der Waals surface area contributed by atoms with Crippen molar-refractivity contribution in [3.8, 4) is 6.07 Å². The van der Waals surface area contributed by atoms with E-state index in [-0.39, 0.29) is 0 Å². The van der Waals surface area contributed by atoms with Gasteiger partial charge in [-0.05, 0) is 0 Å². The second kappa shape index (κ2) is 4.23. The zero-order valence-corrected chi connectivity index (χ0v) is 4.46. The van der Waals surface area contributed by atoms with Crippen LogP contribution in [0.3, 0.4) is 0 Å². The molecule has 0 rings (SSSR count). The molecule has 0 saturated heterocycles. The minimum atomic E-state index is -2.42. The van der Waals surface area contributed by atoms with Crippen molar-refractivity contribution in [2.75, 3.05) is 0 Å². The number of rotatable bonds is 2. The van der Waals surface area contributed by atoms with Gasteiger partial charge in [-0.25, -0.2) is 0 Å². The normalized spacial score (nSPS) is 13.0. The predicted octanol–water partition coefficient (Wildman–Crippen LogP) is -0.351. The molecule has 0 spiro atoms. The summed E-state index contributed by atoms with van der Waals surface area (Å²) in [5, 5.41) is 10.5. The van der Waals surface area contributed by atoms with Gasteiger partial charge in [-0.1, -0.05) is 5.16 Å². The van der Waals surface area contributed by atoms with Crippen molar-refractivity contribution >= 4 is 17.6 Å².